The molecule has 0 radical (unpaired) electrons. The average molecular weight is 507 g/mol. The van der Waals surface area contributed by atoms with E-state index < -0.39 is 27.9 Å². The largest absolute Gasteiger partial charge is 0.312 e. The zero-order valence-corrected chi connectivity index (χ0v) is 20.5. The Kier molecular flexibility index (Phi) is 6.98. The lowest BCUT2D eigenvalue weighted by Crippen LogP contribution is -2.34. The Morgan fingerprint density at radius 1 is 0.800 bits per heavy atom. The van der Waals surface area contributed by atoms with Gasteiger partial charge in [-0.25, -0.2) is 8.42 Å². The highest BCUT2D eigenvalue weighted by atomic mass is 32.2. The highest BCUT2D eigenvalue weighted by molar-refractivity contribution is 7.90. The molecule has 178 valence electrons. The molecule has 1 atom stereocenters. The smallest absolute Gasteiger partial charge is 0.269 e. The Morgan fingerprint density at radius 3 is 1.86 bits per heavy atom. The summed E-state index contributed by atoms with van der Waals surface area (Å²) in [6.07, 6.45) is 0. The van der Waals surface area contributed by atoms with Gasteiger partial charge in [-0.1, -0.05) is 90.5 Å². The summed E-state index contributed by atoms with van der Waals surface area (Å²) in [5.41, 5.74) is 0.888. The van der Waals surface area contributed by atoms with Crippen molar-refractivity contribution < 1.29 is 17.9 Å². The van der Waals surface area contributed by atoms with Gasteiger partial charge in [0, 0.05) is 22.7 Å². The Bertz CT molecular complexity index is 1450. The summed E-state index contributed by atoms with van der Waals surface area (Å²) < 4.78 is 44.7. The average Bonchev–Trinajstić information content (AvgIpc) is 2.88. The number of hydrogen-bond acceptors (Lipinski definition) is 5. The van der Waals surface area contributed by atoms with Crippen LogP contribution in [0.5, 0.6) is 0 Å². The number of sulfonamides is 1. The summed E-state index contributed by atoms with van der Waals surface area (Å²) in [5.74, 6) is -1.29. The zero-order chi connectivity index (χ0) is 25.1. The lowest BCUT2D eigenvalue weighted by atomic mass is 10.2. The molecule has 9 heteroatoms. The fraction of sp³-hybridized carbons (Fsp3) is 0.0769. The van der Waals surface area contributed by atoms with Crippen molar-refractivity contribution in [3.8, 4) is 0 Å². The SMILES string of the molecule is Cc1ccc(S(=O)(=O)N[C@@H](c2cccc([N+](=O)[O-])c2)P(=O)(c2ccccc2)c2ccccc2)cc1. The third kappa shape index (κ3) is 5.10. The molecule has 0 fully saturated rings. The molecule has 4 aromatic rings. The van der Waals surface area contributed by atoms with Gasteiger partial charge in [0.15, 0.2) is 7.14 Å². The number of hydrogen-bond donors (Lipinski definition) is 1. The van der Waals surface area contributed by atoms with E-state index in [1.807, 2.05) is 6.92 Å². The lowest BCUT2D eigenvalue weighted by molar-refractivity contribution is -0.384. The van der Waals surface area contributed by atoms with Crippen LogP contribution >= 0.6 is 7.14 Å². The molecule has 1 N–H and O–H groups in total. The molecule has 0 aromatic heterocycles. The molecular weight excluding hydrogens is 483 g/mol. The topological polar surface area (TPSA) is 106 Å². The molecular formula is C26H23N2O5PS. The number of benzene rings is 4. The Morgan fingerprint density at radius 2 is 1.34 bits per heavy atom. The molecule has 0 spiro atoms. The van der Waals surface area contributed by atoms with Gasteiger partial charge >= 0.3 is 0 Å². The molecule has 4 rings (SSSR count). The van der Waals surface area contributed by atoms with Gasteiger partial charge in [0.2, 0.25) is 10.0 Å². The maximum Gasteiger partial charge on any atom is 0.269 e. The van der Waals surface area contributed by atoms with Crippen LogP contribution in [0.25, 0.3) is 0 Å². The molecule has 0 saturated heterocycles. The third-order valence-corrected chi connectivity index (χ3v) is 10.5. The summed E-state index contributed by atoms with van der Waals surface area (Å²) in [4.78, 5) is 10.9. The second-order valence-electron chi connectivity index (χ2n) is 8.02. The molecule has 7 nitrogen and oxygen atoms in total. The molecule has 0 unspecified atom stereocenters. The highest BCUT2D eigenvalue weighted by Crippen LogP contribution is 2.56. The predicted octanol–water partition coefficient (Wildman–Crippen LogP) is 4.89. The summed E-state index contributed by atoms with van der Waals surface area (Å²) >= 11 is 0. The maximum absolute atomic E-state index is 15.1. The summed E-state index contributed by atoms with van der Waals surface area (Å²) in [6.45, 7) is 1.84. The van der Waals surface area contributed by atoms with Crippen LogP contribution in [0.2, 0.25) is 0 Å². The number of nitrogens with zero attached hydrogens (tertiary/aromatic N) is 1. The van der Waals surface area contributed by atoms with Crippen molar-refractivity contribution in [3.63, 3.8) is 0 Å². The first-order valence-electron chi connectivity index (χ1n) is 10.8. The van der Waals surface area contributed by atoms with Gasteiger partial charge in [0.1, 0.15) is 5.78 Å². The van der Waals surface area contributed by atoms with Gasteiger partial charge < -0.3 is 4.57 Å². The van der Waals surface area contributed by atoms with Gasteiger partial charge in [-0.15, -0.1) is 0 Å². The van der Waals surface area contributed by atoms with Crippen LogP contribution in [0, 0.1) is 17.0 Å². The monoisotopic (exact) mass is 506 g/mol. The number of nitro benzene ring substituents is 1. The maximum atomic E-state index is 15.1. The number of nitrogens with one attached hydrogen (secondary N) is 1. The Hall–Kier alpha value is -3.58. The van der Waals surface area contributed by atoms with Crippen LogP contribution < -0.4 is 15.3 Å². The second kappa shape index (κ2) is 9.96. The Labute approximate surface area is 204 Å². The molecule has 0 heterocycles. The molecule has 0 saturated carbocycles. The molecule has 0 bridgehead atoms. The van der Waals surface area contributed by atoms with Crippen molar-refractivity contribution >= 4 is 33.5 Å². The molecule has 0 aliphatic carbocycles. The van der Waals surface area contributed by atoms with Crippen molar-refractivity contribution in [1.29, 1.82) is 0 Å². The fourth-order valence-electron chi connectivity index (χ4n) is 3.84. The van der Waals surface area contributed by atoms with E-state index in [1.165, 1.54) is 30.3 Å². The lowest BCUT2D eigenvalue weighted by Gasteiger charge is -2.29. The first kappa shape index (κ1) is 24.5. The van der Waals surface area contributed by atoms with E-state index in [4.69, 9.17) is 0 Å². The first-order chi connectivity index (χ1) is 16.7. The normalized spacial score (nSPS) is 12.7. The summed E-state index contributed by atoms with van der Waals surface area (Å²) in [6, 6.07) is 29.0. The molecule has 35 heavy (non-hydrogen) atoms. The second-order valence-corrected chi connectivity index (χ2v) is 12.6. The number of non-ortho nitro benzene ring substituents is 1. The van der Waals surface area contributed by atoms with Gasteiger partial charge in [-0.3, -0.25) is 10.1 Å². The molecule has 0 amide bonds. The fourth-order valence-corrected chi connectivity index (χ4v) is 8.61. The standard InChI is InChI=1S/C26H23N2O5PS/c1-20-15-17-25(18-16-20)35(32,33)27-26(21-9-8-10-22(19-21)28(29)30)34(31,23-11-4-2-5-12-23)24-13-6-3-7-14-24/h2-19,26-27H,1H3/t26-/m1/s1. The minimum absolute atomic E-state index is 0.00574. The summed E-state index contributed by atoms with van der Waals surface area (Å²) in [5, 5.41) is 12.4. The van der Waals surface area contributed by atoms with E-state index in [0.717, 1.165) is 5.56 Å². The van der Waals surface area contributed by atoms with Crippen LogP contribution in [0.4, 0.5) is 5.69 Å². The number of rotatable bonds is 8. The molecule has 4 aromatic carbocycles. The van der Waals surface area contributed by atoms with Gasteiger partial charge in [0.05, 0.1) is 9.82 Å². The van der Waals surface area contributed by atoms with Crippen LogP contribution in [0.15, 0.2) is 114 Å². The van der Waals surface area contributed by atoms with Gasteiger partial charge in [0.25, 0.3) is 5.69 Å². The van der Waals surface area contributed by atoms with E-state index in [1.54, 1.807) is 78.9 Å². The zero-order valence-electron chi connectivity index (χ0n) is 18.8. The van der Waals surface area contributed by atoms with E-state index >= 15 is 4.57 Å². The summed E-state index contributed by atoms with van der Waals surface area (Å²) in [7, 11) is -7.89. The van der Waals surface area contributed by atoms with Crippen LogP contribution in [-0.2, 0) is 14.6 Å². The molecule has 0 aliphatic rings. The first-order valence-corrected chi connectivity index (χ1v) is 14.0. The van der Waals surface area contributed by atoms with Crippen molar-refractivity contribution in [2.45, 2.75) is 17.6 Å². The third-order valence-electron chi connectivity index (χ3n) is 5.64. The van der Waals surface area contributed by atoms with Crippen LogP contribution in [0.3, 0.4) is 0 Å². The van der Waals surface area contributed by atoms with Crippen molar-refractivity contribution in [2.75, 3.05) is 0 Å². The van der Waals surface area contributed by atoms with E-state index in [-0.39, 0.29) is 16.1 Å². The number of nitro groups is 1. The van der Waals surface area contributed by atoms with Gasteiger partial charge in [-0.2, -0.15) is 4.72 Å². The quantitative estimate of drug-likeness (QED) is 0.208. The van der Waals surface area contributed by atoms with Crippen molar-refractivity contribution in [3.05, 3.63) is 130 Å². The van der Waals surface area contributed by atoms with Crippen LogP contribution in [0.1, 0.15) is 16.9 Å². The van der Waals surface area contributed by atoms with Crippen molar-refractivity contribution in [1.82, 2.24) is 4.72 Å². The van der Waals surface area contributed by atoms with Crippen LogP contribution in [-0.4, -0.2) is 13.3 Å². The van der Waals surface area contributed by atoms with Gasteiger partial charge in [-0.05, 0) is 24.6 Å². The van der Waals surface area contributed by atoms with Crippen molar-refractivity contribution in [2.24, 2.45) is 0 Å². The van der Waals surface area contributed by atoms with E-state index in [0.29, 0.717) is 10.6 Å². The predicted molar refractivity (Wildman–Crippen MR) is 137 cm³/mol. The number of aryl methyl sites for hydroxylation is 1. The van der Waals surface area contributed by atoms with E-state index in [2.05, 4.69) is 4.72 Å². The minimum Gasteiger partial charge on any atom is -0.312 e. The molecule has 0 aliphatic heterocycles. The highest BCUT2D eigenvalue weighted by Gasteiger charge is 2.41. The van der Waals surface area contributed by atoms with E-state index in [9.17, 15) is 18.5 Å². The minimum atomic E-state index is -4.15. The Balaban J connectivity index is 1.97.